The van der Waals surface area contributed by atoms with Crippen molar-refractivity contribution >= 4 is 33.1 Å². The van der Waals surface area contributed by atoms with E-state index in [1.807, 2.05) is 35.2 Å². The van der Waals surface area contributed by atoms with Crippen LogP contribution >= 0.6 is 11.3 Å². The Hall–Kier alpha value is -2.40. The third kappa shape index (κ3) is 2.47. The number of nitrogen functional groups attached to an aromatic ring is 1. The molecule has 0 aliphatic carbocycles. The topological polar surface area (TPSA) is 59.2 Å². The smallest absolute Gasteiger partial charge is 0.219 e. The number of nitrogens with zero attached hydrogens (tertiary/aromatic N) is 2. The van der Waals surface area contributed by atoms with Crippen molar-refractivity contribution in [2.45, 2.75) is 19.9 Å². The molecule has 0 unspecified atom stereocenters. The van der Waals surface area contributed by atoms with E-state index < -0.39 is 0 Å². The summed E-state index contributed by atoms with van der Waals surface area (Å²) in [7, 11) is 0. The number of anilines is 1. The molecule has 2 N–H and O–H groups in total. The Morgan fingerprint density at radius 3 is 2.91 bits per heavy atom. The van der Waals surface area contributed by atoms with E-state index in [0.29, 0.717) is 6.54 Å². The second-order valence-corrected chi connectivity index (χ2v) is 6.91. The molecule has 4 rings (SSSR count). The first-order valence-corrected chi connectivity index (χ1v) is 8.46. The number of nitrogens with two attached hydrogens (primary N) is 1. The van der Waals surface area contributed by atoms with Crippen molar-refractivity contribution in [3.63, 3.8) is 0 Å². The van der Waals surface area contributed by atoms with E-state index >= 15 is 0 Å². The summed E-state index contributed by atoms with van der Waals surface area (Å²) in [6.45, 7) is 3.00. The molecule has 0 atom stereocenters. The fraction of sp³-hybridized carbons (Fsp3) is 0.222. The number of carbonyl (C=O) groups excluding carboxylic acids is 1. The predicted molar refractivity (Wildman–Crippen MR) is 94.3 cm³/mol. The molecule has 1 aliphatic heterocycles. The van der Waals surface area contributed by atoms with Crippen LogP contribution in [-0.2, 0) is 17.8 Å². The fourth-order valence-corrected chi connectivity index (χ4v) is 4.18. The highest BCUT2D eigenvalue weighted by atomic mass is 32.1. The Morgan fingerprint density at radius 1 is 1.30 bits per heavy atom. The maximum absolute atomic E-state index is 11.7. The molecule has 0 fully saturated rings. The Balaban J connectivity index is 1.85. The van der Waals surface area contributed by atoms with Gasteiger partial charge in [-0.25, -0.2) is 4.98 Å². The Bertz CT molecular complexity index is 883. The van der Waals surface area contributed by atoms with Gasteiger partial charge in [0.2, 0.25) is 5.91 Å². The van der Waals surface area contributed by atoms with E-state index in [1.165, 1.54) is 10.3 Å². The van der Waals surface area contributed by atoms with Crippen LogP contribution in [-0.4, -0.2) is 22.3 Å². The monoisotopic (exact) mass is 323 g/mol. The molecule has 1 aromatic heterocycles. The van der Waals surface area contributed by atoms with Crippen LogP contribution in [0.3, 0.4) is 0 Å². The van der Waals surface area contributed by atoms with Crippen LogP contribution in [0.15, 0.2) is 36.4 Å². The van der Waals surface area contributed by atoms with Crippen LogP contribution in [0.25, 0.3) is 20.8 Å². The first-order chi connectivity index (χ1) is 11.1. The van der Waals surface area contributed by atoms with Gasteiger partial charge in [0.25, 0.3) is 0 Å². The zero-order chi connectivity index (χ0) is 16.0. The van der Waals surface area contributed by atoms with E-state index in [-0.39, 0.29) is 5.91 Å². The lowest BCUT2D eigenvalue weighted by molar-refractivity contribution is -0.129. The summed E-state index contributed by atoms with van der Waals surface area (Å²) in [6.07, 6.45) is 0.848. The summed E-state index contributed by atoms with van der Waals surface area (Å²) in [5, 5.41) is 1.01. The van der Waals surface area contributed by atoms with Gasteiger partial charge < -0.3 is 10.6 Å². The van der Waals surface area contributed by atoms with E-state index in [9.17, 15) is 4.79 Å². The Morgan fingerprint density at radius 2 is 2.13 bits per heavy atom. The molecular formula is C18H17N3OS. The number of amides is 1. The molecule has 3 aromatic rings. The molecular weight excluding hydrogens is 306 g/mol. The van der Waals surface area contributed by atoms with E-state index in [2.05, 4.69) is 6.07 Å². The number of aromatic nitrogens is 1. The SMILES string of the molecule is CC(=O)N1CCc2c(cc(N)cc2-c2nc3ccccc3s2)C1. The minimum atomic E-state index is 0.111. The van der Waals surface area contributed by atoms with E-state index in [4.69, 9.17) is 10.7 Å². The van der Waals surface area contributed by atoms with Crippen LogP contribution in [0, 0.1) is 0 Å². The summed E-state index contributed by atoms with van der Waals surface area (Å²) < 4.78 is 1.18. The number of benzene rings is 2. The maximum atomic E-state index is 11.7. The number of thiazole rings is 1. The van der Waals surface area contributed by atoms with E-state index in [0.717, 1.165) is 40.3 Å². The summed E-state index contributed by atoms with van der Waals surface area (Å²) in [5.41, 5.74) is 11.4. The molecule has 116 valence electrons. The Kier molecular flexibility index (Phi) is 3.31. The maximum Gasteiger partial charge on any atom is 0.219 e. The third-order valence-corrected chi connectivity index (χ3v) is 5.40. The molecule has 1 aliphatic rings. The number of rotatable bonds is 1. The quantitative estimate of drug-likeness (QED) is 0.698. The standard InChI is InChI=1S/C18H17N3OS/c1-11(22)21-7-6-14-12(10-21)8-13(19)9-15(14)18-20-16-4-2-3-5-17(16)23-18/h2-5,8-9H,6-7,10,19H2,1H3. The average Bonchev–Trinajstić information content (AvgIpc) is 2.97. The number of fused-ring (bicyclic) bond motifs is 2. The normalized spacial score (nSPS) is 14.0. The number of hydrogen-bond donors (Lipinski definition) is 1. The Labute approximate surface area is 138 Å². The summed E-state index contributed by atoms with van der Waals surface area (Å²) >= 11 is 1.69. The highest BCUT2D eigenvalue weighted by Gasteiger charge is 2.22. The van der Waals surface area contributed by atoms with Crippen LogP contribution < -0.4 is 5.73 Å². The van der Waals surface area contributed by atoms with Gasteiger partial charge in [0, 0.05) is 31.3 Å². The molecule has 4 nitrogen and oxygen atoms in total. The van der Waals surface area contributed by atoms with Crippen LogP contribution in [0.1, 0.15) is 18.1 Å². The molecule has 0 saturated heterocycles. The van der Waals surface area contributed by atoms with Gasteiger partial charge in [0.1, 0.15) is 5.01 Å². The molecule has 2 heterocycles. The molecule has 0 saturated carbocycles. The second kappa shape index (κ2) is 5.35. The highest BCUT2D eigenvalue weighted by molar-refractivity contribution is 7.21. The van der Waals surface area contributed by atoms with Gasteiger partial charge in [-0.3, -0.25) is 4.79 Å². The molecule has 2 aromatic carbocycles. The van der Waals surface area contributed by atoms with Crippen molar-refractivity contribution in [1.29, 1.82) is 0 Å². The van der Waals surface area contributed by atoms with Crippen molar-refractivity contribution in [2.75, 3.05) is 12.3 Å². The summed E-state index contributed by atoms with van der Waals surface area (Å²) in [5.74, 6) is 0.111. The largest absolute Gasteiger partial charge is 0.399 e. The first kappa shape index (κ1) is 14.2. The van der Waals surface area contributed by atoms with Gasteiger partial charge in [0.05, 0.1) is 10.2 Å². The van der Waals surface area contributed by atoms with Crippen molar-refractivity contribution < 1.29 is 4.79 Å². The first-order valence-electron chi connectivity index (χ1n) is 7.64. The van der Waals surface area contributed by atoms with Gasteiger partial charge in [-0.2, -0.15) is 0 Å². The molecule has 5 heteroatoms. The van der Waals surface area contributed by atoms with Crippen LogP contribution in [0.4, 0.5) is 5.69 Å². The zero-order valence-electron chi connectivity index (χ0n) is 12.9. The molecule has 0 spiro atoms. The fourth-order valence-electron chi connectivity index (χ4n) is 3.17. The van der Waals surface area contributed by atoms with Crippen molar-refractivity contribution in [3.8, 4) is 10.6 Å². The van der Waals surface area contributed by atoms with Crippen molar-refractivity contribution in [3.05, 3.63) is 47.5 Å². The van der Waals surface area contributed by atoms with Gasteiger partial charge >= 0.3 is 0 Å². The molecule has 1 amide bonds. The van der Waals surface area contributed by atoms with Crippen molar-refractivity contribution in [1.82, 2.24) is 9.88 Å². The third-order valence-electron chi connectivity index (χ3n) is 4.33. The second-order valence-electron chi connectivity index (χ2n) is 5.88. The molecule has 0 radical (unpaired) electrons. The predicted octanol–water partition coefficient (Wildman–Crippen LogP) is 3.45. The van der Waals surface area contributed by atoms with Crippen LogP contribution in [0.2, 0.25) is 0 Å². The van der Waals surface area contributed by atoms with Crippen molar-refractivity contribution in [2.24, 2.45) is 0 Å². The number of para-hydroxylation sites is 1. The van der Waals surface area contributed by atoms with Gasteiger partial charge in [-0.1, -0.05) is 12.1 Å². The summed E-state index contributed by atoms with van der Waals surface area (Å²) in [4.78, 5) is 18.3. The minimum Gasteiger partial charge on any atom is -0.399 e. The van der Waals surface area contributed by atoms with Gasteiger partial charge in [-0.15, -0.1) is 11.3 Å². The lowest BCUT2D eigenvalue weighted by Crippen LogP contribution is -2.34. The van der Waals surface area contributed by atoms with Gasteiger partial charge in [-0.05, 0) is 41.8 Å². The number of hydrogen-bond acceptors (Lipinski definition) is 4. The van der Waals surface area contributed by atoms with E-state index in [1.54, 1.807) is 18.3 Å². The zero-order valence-corrected chi connectivity index (χ0v) is 13.7. The summed E-state index contributed by atoms with van der Waals surface area (Å²) in [6, 6.07) is 12.2. The average molecular weight is 323 g/mol. The van der Waals surface area contributed by atoms with Gasteiger partial charge in [0.15, 0.2) is 0 Å². The van der Waals surface area contributed by atoms with Crippen LogP contribution in [0.5, 0.6) is 0 Å². The molecule has 0 bridgehead atoms. The lowest BCUT2D eigenvalue weighted by atomic mass is 9.94. The highest BCUT2D eigenvalue weighted by Crippen LogP contribution is 2.36. The minimum absolute atomic E-state index is 0.111. The number of carbonyl (C=O) groups is 1. The lowest BCUT2D eigenvalue weighted by Gasteiger charge is -2.29. The molecule has 23 heavy (non-hydrogen) atoms.